The number of rotatable bonds is 5. The molecule has 0 aliphatic carbocycles. The first-order valence-corrected chi connectivity index (χ1v) is 7.62. The molecule has 0 saturated carbocycles. The van der Waals surface area contributed by atoms with E-state index < -0.39 is 0 Å². The molecule has 3 saturated heterocycles. The van der Waals surface area contributed by atoms with Gasteiger partial charge in [0.25, 0.3) is 0 Å². The van der Waals surface area contributed by atoms with Gasteiger partial charge in [-0.1, -0.05) is 11.6 Å². The number of ether oxygens (including phenoxy) is 2. The maximum atomic E-state index is 12.4. The van der Waals surface area contributed by atoms with Crippen molar-refractivity contribution in [1.29, 1.82) is 0 Å². The summed E-state index contributed by atoms with van der Waals surface area (Å²) in [5.41, 5.74) is 0.942. The summed E-state index contributed by atoms with van der Waals surface area (Å²) in [4.78, 5) is 12.4. The smallest absolute Gasteiger partial charge is 0.226 e. The molecule has 1 amide bonds. The van der Waals surface area contributed by atoms with E-state index in [0.29, 0.717) is 13.2 Å². The molecule has 3 fully saturated rings. The van der Waals surface area contributed by atoms with Crippen molar-refractivity contribution in [1.82, 2.24) is 5.32 Å². The summed E-state index contributed by atoms with van der Waals surface area (Å²) in [5, 5.41) is 3.02. The van der Waals surface area contributed by atoms with Gasteiger partial charge in [0.2, 0.25) is 5.91 Å². The second kappa shape index (κ2) is 4.85. The average molecular weight is 279 g/mol. The Hall–Kier alpha value is -0.870. The Kier molecular flexibility index (Phi) is 3.41. The Morgan fingerprint density at radius 3 is 3.05 bits per heavy atom. The van der Waals surface area contributed by atoms with Crippen LogP contribution in [0.5, 0.6) is 0 Å². The van der Waals surface area contributed by atoms with Crippen LogP contribution in [0, 0.1) is 11.3 Å². The lowest BCUT2D eigenvalue weighted by atomic mass is 9.61. The van der Waals surface area contributed by atoms with Crippen molar-refractivity contribution in [3.63, 3.8) is 0 Å². The van der Waals surface area contributed by atoms with Gasteiger partial charge >= 0.3 is 0 Å². The summed E-state index contributed by atoms with van der Waals surface area (Å²) in [6.45, 7) is 5.53. The molecule has 1 spiro atoms. The summed E-state index contributed by atoms with van der Waals surface area (Å²) in [6.07, 6.45) is 6.47. The lowest BCUT2D eigenvalue weighted by Crippen LogP contribution is -2.49. The van der Waals surface area contributed by atoms with Crippen LogP contribution in [-0.2, 0) is 14.3 Å². The Bertz CT molecular complexity index is 443. The number of fused-ring (bicyclic) bond motifs is 1. The number of carbonyl (C=O) groups is 1. The minimum absolute atomic E-state index is 0.0285. The van der Waals surface area contributed by atoms with Crippen LogP contribution in [-0.4, -0.2) is 37.9 Å². The fourth-order valence-corrected chi connectivity index (χ4v) is 4.63. The van der Waals surface area contributed by atoms with Crippen LogP contribution in [0.15, 0.2) is 11.6 Å². The van der Waals surface area contributed by atoms with Crippen molar-refractivity contribution in [2.75, 3.05) is 20.3 Å². The number of amides is 1. The lowest BCUT2D eigenvalue weighted by molar-refractivity contribution is -0.129. The third-order valence-electron chi connectivity index (χ3n) is 5.35. The van der Waals surface area contributed by atoms with E-state index in [0.717, 1.165) is 25.7 Å². The fraction of sp³-hybridized carbons (Fsp3) is 0.812. The van der Waals surface area contributed by atoms with E-state index in [2.05, 4.69) is 25.2 Å². The van der Waals surface area contributed by atoms with Crippen LogP contribution in [0.4, 0.5) is 0 Å². The number of methoxy groups -OCH3 is 1. The number of hydrogen-bond acceptors (Lipinski definition) is 3. The van der Waals surface area contributed by atoms with E-state index in [4.69, 9.17) is 9.47 Å². The van der Waals surface area contributed by atoms with Crippen LogP contribution in [0.1, 0.15) is 39.5 Å². The van der Waals surface area contributed by atoms with Gasteiger partial charge in [-0.15, -0.1) is 0 Å². The van der Waals surface area contributed by atoms with Crippen LogP contribution < -0.4 is 5.32 Å². The molecule has 20 heavy (non-hydrogen) atoms. The summed E-state index contributed by atoms with van der Waals surface area (Å²) in [5.74, 6) is 0.140. The summed E-state index contributed by atoms with van der Waals surface area (Å²) < 4.78 is 11.8. The maximum absolute atomic E-state index is 12.4. The van der Waals surface area contributed by atoms with Gasteiger partial charge in [0.05, 0.1) is 24.2 Å². The normalized spacial score (nSPS) is 41.6. The summed E-state index contributed by atoms with van der Waals surface area (Å²) >= 11 is 0. The van der Waals surface area contributed by atoms with Crippen molar-refractivity contribution in [2.24, 2.45) is 11.3 Å². The standard InChI is InChI=1S/C16H25NO3/c1-11(2)5-4-7-15(10-19-3)12-6-8-16(20-12)9-17-14(18)13(15)16/h5,12-13H,4,6-10H2,1-3H3,(H,17,18)/t12-,13-,15-,16-/m1/s1. The first-order valence-electron chi connectivity index (χ1n) is 7.62. The van der Waals surface area contributed by atoms with E-state index in [1.807, 2.05) is 0 Å². The predicted molar refractivity (Wildman–Crippen MR) is 76.3 cm³/mol. The zero-order chi connectivity index (χ0) is 14.4. The topological polar surface area (TPSA) is 47.6 Å². The van der Waals surface area contributed by atoms with E-state index in [-0.39, 0.29) is 28.9 Å². The molecule has 3 aliphatic heterocycles. The Balaban J connectivity index is 1.89. The molecule has 0 radical (unpaired) electrons. The van der Waals surface area contributed by atoms with E-state index >= 15 is 0 Å². The van der Waals surface area contributed by atoms with Crippen molar-refractivity contribution < 1.29 is 14.3 Å². The average Bonchev–Trinajstić information content (AvgIpc) is 3.01. The lowest BCUT2D eigenvalue weighted by Gasteiger charge is -2.40. The highest BCUT2D eigenvalue weighted by atomic mass is 16.5. The zero-order valence-electron chi connectivity index (χ0n) is 12.7. The fourth-order valence-electron chi connectivity index (χ4n) is 4.63. The van der Waals surface area contributed by atoms with Crippen molar-refractivity contribution in [3.05, 3.63) is 11.6 Å². The Labute approximate surface area is 120 Å². The van der Waals surface area contributed by atoms with Crippen LogP contribution in [0.3, 0.4) is 0 Å². The minimum Gasteiger partial charge on any atom is -0.384 e. The van der Waals surface area contributed by atoms with Crippen LogP contribution >= 0.6 is 0 Å². The molecule has 4 nitrogen and oxygen atoms in total. The zero-order valence-corrected chi connectivity index (χ0v) is 12.7. The molecule has 4 atom stereocenters. The van der Waals surface area contributed by atoms with Gasteiger partial charge in [-0.3, -0.25) is 4.79 Å². The van der Waals surface area contributed by atoms with Gasteiger partial charge in [-0.25, -0.2) is 0 Å². The quantitative estimate of drug-likeness (QED) is 0.783. The van der Waals surface area contributed by atoms with Gasteiger partial charge in [0.15, 0.2) is 0 Å². The largest absolute Gasteiger partial charge is 0.384 e. The third-order valence-corrected chi connectivity index (χ3v) is 5.35. The van der Waals surface area contributed by atoms with E-state index in [1.54, 1.807) is 7.11 Å². The number of allylic oxidation sites excluding steroid dienone is 2. The molecule has 0 unspecified atom stereocenters. The van der Waals surface area contributed by atoms with Crippen molar-refractivity contribution in [2.45, 2.75) is 51.2 Å². The highest BCUT2D eigenvalue weighted by Gasteiger charge is 2.71. The van der Waals surface area contributed by atoms with Crippen molar-refractivity contribution in [3.8, 4) is 0 Å². The minimum atomic E-state index is -0.245. The number of hydrogen-bond donors (Lipinski definition) is 1. The SMILES string of the molecule is COC[C@]1(CCC=C(C)C)[C@H]2CC[C@]3(CNC(=O)[C@@H]31)O2. The molecule has 4 heteroatoms. The molecule has 0 aromatic heterocycles. The third kappa shape index (κ3) is 1.85. The number of nitrogens with one attached hydrogen (secondary N) is 1. The molecule has 112 valence electrons. The van der Waals surface area contributed by atoms with Gasteiger partial charge in [0, 0.05) is 19.1 Å². The summed E-state index contributed by atoms with van der Waals surface area (Å²) in [7, 11) is 1.73. The molecular weight excluding hydrogens is 254 g/mol. The molecule has 0 aromatic carbocycles. The molecule has 2 bridgehead atoms. The maximum Gasteiger partial charge on any atom is 0.226 e. The molecular formula is C16H25NO3. The van der Waals surface area contributed by atoms with Crippen LogP contribution in [0.25, 0.3) is 0 Å². The highest BCUT2D eigenvalue weighted by Crippen LogP contribution is 2.61. The molecule has 3 heterocycles. The molecule has 1 N–H and O–H groups in total. The predicted octanol–water partition coefficient (Wildman–Crippen LogP) is 2.04. The second-order valence-corrected chi connectivity index (χ2v) is 6.85. The summed E-state index contributed by atoms with van der Waals surface area (Å²) in [6, 6.07) is 0. The number of carbonyl (C=O) groups excluding carboxylic acids is 1. The molecule has 3 rings (SSSR count). The van der Waals surface area contributed by atoms with Gasteiger partial charge in [-0.2, -0.15) is 0 Å². The monoisotopic (exact) mass is 279 g/mol. The Morgan fingerprint density at radius 1 is 1.55 bits per heavy atom. The van der Waals surface area contributed by atoms with Crippen LogP contribution in [0.2, 0.25) is 0 Å². The molecule has 3 aliphatic rings. The van der Waals surface area contributed by atoms with E-state index in [9.17, 15) is 4.79 Å². The Morgan fingerprint density at radius 2 is 2.35 bits per heavy atom. The van der Waals surface area contributed by atoms with Gasteiger partial charge in [0.1, 0.15) is 0 Å². The van der Waals surface area contributed by atoms with Gasteiger partial charge < -0.3 is 14.8 Å². The second-order valence-electron chi connectivity index (χ2n) is 6.85. The highest BCUT2D eigenvalue weighted by molar-refractivity contribution is 5.84. The first kappa shape index (κ1) is 14.1. The van der Waals surface area contributed by atoms with E-state index in [1.165, 1.54) is 5.57 Å². The van der Waals surface area contributed by atoms with Crippen molar-refractivity contribution >= 4 is 5.91 Å². The first-order chi connectivity index (χ1) is 9.54. The van der Waals surface area contributed by atoms with Gasteiger partial charge in [-0.05, 0) is 39.5 Å². The molecule has 0 aromatic rings.